The zero-order chi connectivity index (χ0) is 9.47. The molecule has 0 radical (unpaired) electrons. The van der Waals surface area contributed by atoms with Crippen LogP contribution in [0.2, 0.25) is 0 Å². The fraction of sp³-hybridized carbons (Fsp3) is 0.500. The molecule has 0 aliphatic heterocycles. The van der Waals surface area contributed by atoms with Crippen LogP contribution in [0.1, 0.15) is 34.3 Å². The molecule has 1 aromatic rings. The van der Waals surface area contributed by atoms with Crippen molar-refractivity contribution >= 4 is 17.2 Å². The number of amides is 1. The zero-order valence-corrected chi connectivity index (χ0v) is 8.70. The fourth-order valence-corrected chi connectivity index (χ4v) is 1.97. The first-order valence-electron chi connectivity index (χ1n) is 4.48. The van der Waals surface area contributed by atoms with Crippen LogP contribution in [-0.2, 0) is 0 Å². The van der Waals surface area contributed by atoms with E-state index in [4.69, 9.17) is 0 Å². The van der Waals surface area contributed by atoms with E-state index in [0.717, 1.165) is 17.7 Å². The summed E-state index contributed by atoms with van der Waals surface area (Å²) in [6.07, 6.45) is 2.23. The van der Waals surface area contributed by atoms with Gasteiger partial charge < -0.3 is 5.32 Å². The fourth-order valence-electron chi connectivity index (χ4n) is 1.20. The van der Waals surface area contributed by atoms with Crippen LogP contribution in [-0.4, -0.2) is 11.4 Å². The minimum absolute atomic E-state index is 0.0816. The van der Waals surface area contributed by atoms with Gasteiger partial charge in [0.1, 0.15) is 0 Å². The van der Waals surface area contributed by atoms with E-state index in [1.165, 1.54) is 4.88 Å². The Hall–Kier alpha value is -0.830. The van der Waals surface area contributed by atoms with Gasteiger partial charge in [-0.1, -0.05) is 0 Å². The highest BCUT2D eigenvalue weighted by Gasteiger charge is 2.38. The van der Waals surface area contributed by atoms with Gasteiger partial charge in [0.25, 0.3) is 5.91 Å². The summed E-state index contributed by atoms with van der Waals surface area (Å²) in [7, 11) is 0. The molecule has 1 fully saturated rings. The van der Waals surface area contributed by atoms with Crippen molar-refractivity contribution in [2.75, 3.05) is 0 Å². The maximum Gasteiger partial charge on any atom is 0.261 e. The molecule has 70 valence electrons. The standard InChI is InChI=1S/C10H13NOS/c1-7-3-4-8(13-7)9(12)11-10(2)5-6-10/h3-4H,5-6H2,1-2H3,(H,11,12). The highest BCUT2D eigenvalue weighted by Crippen LogP contribution is 2.34. The Balaban J connectivity index is 2.05. The zero-order valence-electron chi connectivity index (χ0n) is 7.89. The van der Waals surface area contributed by atoms with Crippen LogP contribution < -0.4 is 5.32 Å². The van der Waals surface area contributed by atoms with E-state index in [1.807, 2.05) is 19.1 Å². The number of rotatable bonds is 2. The van der Waals surface area contributed by atoms with Crippen molar-refractivity contribution < 1.29 is 4.79 Å². The molecule has 1 saturated carbocycles. The Morgan fingerprint density at radius 2 is 2.23 bits per heavy atom. The first-order valence-corrected chi connectivity index (χ1v) is 5.30. The van der Waals surface area contributed by atoms with Gasteiger partial charge >= 0.3 is 0 Å². The maximum absolute atomic E-state index is 11.6. The molecule has 2 rings (SSSR count). The van der Waals surface area contributed by atoms with E-state index < -0.39 is 0 Å². The Morgan fingerprint density at radius 3 is 2.69 bits per heavy atom. The van der Waals surface area contributed by atoms with Gasteiger partial charge in [-0.2, -0.15) is 0 Å². The molecule has 0 spiro atoms. The van der Waals surface area contributed by atoms with Crippen molar-refractivity contribution in [1.29, 1.82) is 0 Å². The smallest absolute Gasteiger partial charge is 0.261 e. The number of carbonyl (C=O) groups excluding carboxylic acids is 1. The molecule has 1 aliphatic rings. The van der Waals surface area contributed by atoms with Crippen LogP contribution >= 0.6 is 11.3 Å². The van der Waals surface area contributed by atoms with Gasteiger partial charge in [-0.3, -0.25) is 4.79 Å². The molecule has 1 aliphatic carbocycles. The lowest BCUT2D eigenvalue weighted by Crippen LogP contribution is -2.33. The summed E-state index contributed by atoms with van der Waals surface area (Å²) in [4.78, 5) is 13.6. The highest BCUT2D eigenvalue weighted by atomic mass is 32.1. The quantitative estimate of drug-likeness (QED) is 0.771. The van der Waals surface area contributed by atoms with E-state index in [9.17, 15) is 4.79 Å². The monoisotopic (exact) mass is 195 g/mol. The minimum Gasteiger partial charge on any atom is -0.346 e. The third-order valence-corrected chi connectivity index (χ3v) is 3.38. The molecule has 1 amide bonds. The van der Waals surface area contributed by atoms with E-state index in [1.54, 1.807) is 11.3 Å². The summed E-state index contributed by atoms with van der Waals surface area (Å²) in [6, 6.07) is 3.87. The lowest BCUT2D eigenvalue weighted by molar-refractivity contribution is 0.0939. The second-order valence-corrected chi connectivity index (χ2v) is 5.21. The predicted octanol–water partition coefficient (Wildman–Crippen LogP) is 2.34. The van der Waals surface area contributed by atoms with E-state index in [0.29, 0.717) is 0 Å². The Morgan fingerprint density at radius 1 is 1.54 bits per heavy atom. The summed E-state index contributed by atoms with van der Waals surface area (Å²) < 4.78 is 0. The number of hydrogen-bond donors (Lipinski definition) is 1. The predicted molar refractivity (Wildman–Crippen MR) is 54.2 cm³/mol. The average Bonchev–Trinajstić information content (AvgIpc) is 2.62. The molecule has 0 bridgehead atoms. The number of nitrogens with one attached hydrogen (secondary N) is 1. The van der Waals surface area contributed by atoms with Gasteiger partial charge in [0.15, 0.2) is 0 Å². The van der Waals surface area contributed by atoms with Crippen LogP contribution in [0, 0.1) is 6.92 Å². The maximum atomic E-state index is 11.6. The molecular weight excluding hydrogens is 182 g/mol. The molecule has 0 saturated heterocycles. The first kappa shape index (κ1) is 8.75. The van der Waals surface area contributed by atoms with Gasteiger partial charge in [-0.25, -0.2) is 0 Å². The third-order valence-electron chi connectivity index (χ3n) is 2.38. The molecule has 3 heteroatoms. The van der Waals surface area contributed by atoms with Gasteiger partial charge in [-0.15, -0.1) is 11.3 Å². The summed E-state index contributed by atoms with van der Waals surface area (Å²) in [5.74, 6) is 0.0816. The average molecular weight is 195 g/mol. The minimum atomic E-state index is 0.0816. The summed E-state index contributed by atoms with van der Waals surface area (Å²) in [5.41, 5.74) is 0.0922. The van der Waals surface area contributed by atoms with E-state index in [-0.39, 0.29) is 11.4 Å². The number of hydrogen-bond acceptors (Lipinski definition) is 2. The Labute approximate surface area is 82.0 Å². The topological polar surface area (TPSA) is 29.1 Å². The van der Waals surface area contributed by atoms with Gasteiger partial charge in [-0.05, 0) is 38.8 Å². The second-order valence-electron chi connectivity index (χ2n) is 3.93. The van der Waals surface area contributed by atoms with Crippen LogP contribution in [0.4, 0.5) is 0 Å². The molecule has 0 unspecified atom stereocenters. The SMILES string of the molecule is Cc1ccc(C(=O)NC2(C)CC2)s1. The molecule has 13 heavy (non-hydrogen) atoms. The first-order chi connectivity index (χ1) is 6.09. The van der Waals surface area contributed by atoms with E-state index >= 15 is 0 Å². The van der Waals surface area contributed by atoms with Gasteiger partial charge in [0.05, 0.1) is 4.88 Å². The van der Waals surface area contributed by atoms with E-state index in [2.05, 4.69) is 12.2 Å². The normalized spacial score (nSPS) is 18.3. The van der Waals surface area contributed by atoms with Crippen molar-refractivity contribution in [1.82, 2.24) is 5.32 Å². The van der Waals surface area contributed by atoms with Crippen LogP contribution in [0.15, 0.2) is 12.1 Å². The van der Waals surface area contributed by atoms with Crippen molar-refractivity contribution in [2.24, 2.45) is 0 Å². The highest BCUT2D eigenvalue weighted by molar-refractivity contribution is 7.13. The molecule has 0 atom stereocenters. The molecular formula is C10H13NOS. The second kappa shape index (κ2) is 2.84. The molecule has 0 aromatic carbocycles. The lowest BCUT2D eigenvalue weighted by atomic mass is 10.3. The van der Waals surface area contributed by atoms with Gasteiger partial charge in [0.2, 0.25) is 0 Å². The number of carbonyl (C=O) groups is 1. The van der Waals surface area contributed by atoms with Gasteiger partial charge in [0, 0.05) is 10.4 Å². The van der Waals surface area contributed by atoms with Crippen molar-refractivity contribution in [3.8, 4) is 0 Å². The Bertz CT molecular complexity index is 338. The summed E-state index contributed by atoms with van der Waals surface area (Å²) in [5, 5.41) is 3.03. The molecule has 1 heterocycles. The summed E-state index contributed by atoms with van der Waals surface area (Å²) >= 11 is 1.55. The third kappa shape index (κ3) is 1.91. The largest absolute Gasteiger partial charge is 0.346 e. The number of thiophene rings is 1. The number of aryl methyl sites for hydroxylation is 1. The van der Waals surface area contributed by atoms with Crippen molar-refractivity contribution in [3.63, 3.8) is 0 Å². The van der Waals surface area contributed by atoms with Crippen molar-refractivity contribution in [3.05, 3.63) is 21.9 Å². The molecule has 1 aromatic heterocycles. The van der Waals surface area contributed by atoms with Crippen LogP contribution in [0.5, 0.6) is 0 Å². The Kier molecular flexibility index (Phi) is 1.91. The van der Waals surface area contributed by atoms with Crippen LogP contribution in [0.3, 0.4) is 0 Å². The summed E-state index contributed by atoms with van der Waals surface area (Å²) in [6.45, 7) is 4.10. The lowest BCUT2D eigenvalue weighted by Gasteiger charge is -2.09. The van der Waals surface area contributed by atoms with Crippen LogP contribution in [0.25, 0.3) is 0 Å². The van der Waals surface area contributed by atoms with Crippen molar-refractivity contribution in [2.45, 2.75) is 32.2 Å². The molecule has 1 N–H and O–H groups in total. The molecule has 2 nitrogen and oxygen atoms in total.